The maximum atomic E-state index is 13.2. The van der Waals surface area contributed by atoms with E-state index in [4.69, 9.17) is 23.2 Å². The summed E-state index contributed by atoms with van der Waals surface area (Å²) in [5, 5.41) is 4.16. The Hall–Kier alpha value is -1.16. The van der Waals surface area contributed by atoms with Crippen LogP contribution in [-0.4, -0.2) is 13.1 Å². The first-order valence-corrected chi connectivity index (χ1v) is 7.29. The van der Waals surface area contributed by atoms with Gasteiger partial charge in [-0.3, -0.25) is 0 Å². The summed E-state index contributed by atoms with van der Waals surface area (Å²) >= 11 is 11.9. The summed E-state index contributed by atoms with van der Waals surface area (Å²) in [7, 11) is 1.82. The van der Waals surface area contributed by atoms with Gasteiger partial charge in [0.15, 0.2) is 0 Å². The van der Waals surface area contributed by atoms with Gasteiger partial charge in [0, 0.05) is 12.1 Å². The van der Waals surface area contributed by atoms with Crippen LogP contribution in [0.1, 0.15) is 11.1 Å². The van der Waals surface area contributed by atoms with Gasteiger partial charge < -0.3 is 5.32 Å². The van der Waals surface area contributed by atoms with E-state index in [1.54, 1.807) is 12.1 Å². The van der Waals surface area contributed by atoms with Crippen LogP contribution >= 0.6 is 23.2 Å². The SMILES string of the molecule is CNC(Cc1cc(F)cc(F)c1)Cc1ccc(Cl)c(Cl)c1. The van der Waals surface area contributed by atoms with E-state index in [1.807, 2.05) is 13.1 Å². The minimum Gasteiger partial charge on any atom is -0.316 e. The summed E-state index contributed by atoms with van der Waals surface area (Å²) in [4.78, 5) is 0. The fraction of sp³-hybridized carbons (Fsp3) is 0.250. The van der Waals surface area contributed by atoms with Crippen molar-refractivity contribution in [3.05, 3.63) is 69.2 Å². The third kappa shape index (κ3) is 4.67. The minimum absolute atomic E-state index is 0.0449. The first-order chi connectivity index (χ1) is 9.97. The Bertz CT molecular complexity index is 611. The van der Waals surface area contributed by atoms with Crippen LogP contribution < -0.4 is 5.32 Å². The molecule has 0 aliphatic heterocycles. The highest BCUT2D eigenvalue weighted by atomic mass is 35.5. The van der Waals surface area contributed by atoms with Gasteiger partial charge in [-0.15, -0.1) is 0 Å². The average molecular weight is 330 g/mol. The van der Waals surface area contributed by atoms with E-state index in [1.165, 1.54) is 12.1 Å². The molecule has 0 saturated heterocycles. The van der Waals surface area contributed by atoms with E-state index in [0.717, 1.165) is 11.6 Å². The fourth-order valence-electron chi connectivity index (χ4n) is 2.24. The smallest absolute Gasteiger partial charge is 0.126 e. The van der Waals surface area contributed by atoms with E-state index >= 15 is 0 Å². The molecule has 1 atom stereocenters. The number of likely N-dealkylation sites (N-methyl/N-ethyl adjacent to an activating group) is 1. The maximum absolute atomic E-state index is 13.2. The van der Waals surface area contributed by atoms with Crippen LogP contribution in [0.5, 0.6) is 0 Å². The number of hydrogen-bond acceptors (Lipinski definition) is 1. The minimum atomic E-state index is -0.561. The van der Waals surface area contributed by atoms with E-state index in [2.05, 4.69) is 5.32 Å². The molecular weight excluding hydrogens is 315 g/mol. The number of hydrogen-bond donors (Lipinski definition) is 1. The van der Waals surface area contributed by atoms with Gasteiger partial charge in [0.05, 0.1) is 10.0 Å². The second-order valence-corrected chi connectivity index (χ2v) is 5.73. The van der Waals surface area contributed by atoms with Crippen LogP contribution in [0.3, 0.4) is 0 Å². The molecule has 2 rings (SSSR count). The van der Waals surface area contributed by atoms with Crippen molar-refractivity contribution in [1.82, 2.24) is 5.32 Å². The zero-order valence-corrected chi connectivity index (χ0v) is 13.0. The molecule has 2 aromatic carbocycles. The molecule has 112 valence electrons. The lowest BCUT2D eigenvalue weighted by atomic mass is 9.99. The number of halogens is 4. The Morgan fingerprint density at radius 1 is 0.905 bits per heavy atom. The molecule has 2 aromatic rings. The topological polar surface area (TPSA) is 12.0 Å². The van der Waals surface area contributed by atoms with Crippen molar-refractivity contribution in [3.63, 3.8) is 0 Å². The van der Waals surface area contributed by atoms with E-state index in [-0.39, 0.29) is 6.04 Å². The number of nitrogens with one attached hydrogen (secondary N) is 1. The molecule has 0 heterocycles. The highest BCUT2D eigenvalue weighted by molar-refractivity contribution is 6.42. The van der Waals surface area contributed by atoms with Gasteiger partial charge in [0.2, 0.25) is 0 Å². The standard InChI is InChI=1S/C16H15Cl2F2N/c1-21-14(6-10-2-3-15(17)16(18)8-10)7-11-4-12(19)9-13(20)5-11/h2-5,8-9,14,21H,6-7H2,1H3. The number of rotatable bonds is 5. The normalized spacial score (nSPS) is 12.4. The van der Waals surface area contributed by atoms with Gasteiger partial charge >= 0.3 is 0 Å². The van der Waals surface area contributed by atoms with Crippen LogP contribution in [0, 0.1) is 11.6 Å². The molecule has 0 spiro atoms. The predicted octanol–water partition coefficient (Wildman–Crippen LogP) is 4.64. The van der Waals surface area contributed by atoms with Gasteiger partial charge in [-0.25, -0.2) is 8.78 Å². The molecule has 1 unspecified atom stereocenters. The lowest BCUT2D eigenvalue weighted by Crippen LogP contribution is -2.30. The van der Waals surface area contributed by atoms with Gasteiger partial charge in [0.25, 0.3) is 0 Å². The molecular formula is C16H15Cl2F2N. The molecule has 0 aromatic heterocycles. The molecule has 0 saturated carbocycles. The fourth-order valence-corrected chi connectivity index (χ4v) is 2.56. The Morgan fingerprint density at radius 3 is 2.10 bits per heavy atom. The second-order valence-electron chi connectivity index (χ2n) is 4.92. The molecule has 0 amide bonds. The van der Waals surface area contributed by atoms with Crippen molar-refractivity contribution in [2.75, 3.05) is 7.05 Å². The van der Waals surface area contributed by atoms with E-state index < -0.39 is 11.6 Å². The van der Waals surface area contributed by atoms with Crippen molar-refractivity contribution in [1.29, 1.82) is 0 Å². The van der Waals surface area contributed by atoms with Gasteiger partial charge in [-0.05, 0) is 55.3 Å². The van der Waals surface area contributed by atoms with Crippen molar-refractivity contribution < 1.29 is 8.78 Å². The lowest BCUT2D eigenvalue weighted by Gasteiger charge is -2.17. The average Bonchev–Trinajstić information content (AvgIpc) is 2.41. The lowest BCUT2D eigenvalue weighted by molar-refractivity contribution is 0.543. The summed E-state index contributed by atoms with van der Waals surface area (Å²) in [5.74, 6) is -1.12. The third-order valence-electron chi connectivity index (χ3n) is 3.28. The molecule has 0 fully saturated rings. The Kier molecular flexibility index (Phi) is 5.57. The summed E-state index contributed by atoms with van der Waals surface area (Å²) in [6.45, 7) is 0. The third-order valence-corrected chi connectivity index (χ3v) is 4.02. The van der Waals surface area contributed by atoms with Gasteiger partial charge in [0.1, 0.15) is 11.6 Å². The molecule has 0 aliphatic rings. The second kappa shape index (κ2) is 7.21. The highest BCUT2D eigenvalue weighted by Gasteiger charge is 2.11. The number of benzene rings is 2. The van der Waals surface area contributed by atoms with E-state index in [9.17, 15) is 8.78 Å². The highest BCUT2D eigenvalue weighted by Crippen LogP contribution is 2.23. The van der Waals surface area contributed by atoms with Crippen molar-refractivity contribution in [2.24, 2.45) is 0 Å². The largest absolute Gasteiger partial charge is 0.316 e. The first kappa shape index (κ1) is 16.2. The van der Waals surface area contributed by atoms with Gasteiger partial charge in [-0.2, -0.15) is 0 Å². The molecule has 0 bridgehead atoms. The summed E-state index contributed by atoms with van der Waals surface area (Å²) < 4.78 is 26.4. The molecule has 21 heavy (non-hydrogen) atoms. The Morgan fingerprint density at radius 2 is 1.52 bits per heavy atom. The zero-order valence-electron chi connectivity index (χ0n) is 11.5. The van der Waals surface area contributed by atoms with Crippen LogP contribution in [0.4, 0.5) is 8.78 Å². The van der Waals surface area contributed by atoms with Crippen molar-refractivity contribution in [3.8, 4) is 0 Å². The molecule has 0 aliphatic carbocycles. The molecule has 0 radical (unpaired) electrons. The van der Waals surface area contributed by atoms with Crippen LogP contribution in [0.2, 0.25) is 10.0 Å². The molecule has 1 nitrogen and oxygen atoms in total. The Labute approximate surface area is 132 Å². The Balaban J connectivity index is 2.10. The maximum Gasteiger partial charge on any atom is 0.126 e. The summed E-state index contributed by atoms with van der Waals surface area (Å²) in [5.41, 5.74) is 1.63. The zero-order chi connectivity index (χ0) is 15.4. The first-order valence-electron chi connectivity index (χ1n) is 6.54. The quantitative estimate of drug-likeness (QED) is 0.842. The predicted molar refractivity (Wildman–Crippen MR) is 83.1 cm³/mol. The monoisotopic (exact) mass is 329 g/mol. The van der Waals surface area contributed by atoms with Crippen molar-refractivity contribution in [2.45, 2.75) is 18.9 Å². The van der Waals surface area contributed by atoms with E-state index in [0.29, 0.717) is 28.5 Å². The van der Waals surface area contributed by atoms with Crippen LogP contribution in [0.25, 0.3) is 0 Å². The summed E-state index contributed by atoms with van der Waals surface area (Å²) in [6, 6.07) is 9.06. The van der Waals surface area contributed by atoms with Gasteiger partial charge in [-0.1, -0.05) is 29.3 Å². The van der Waals surface area contributed by atoms with Crippen molar-refractivity contribution >= 4 is 23.2 Å². The molecule has 1 N–H and O–H groups in total. The van der Waals surface area contributed by atoms with Crippen LogP contribution in [-0.2, 0) is 12.8 Å². The summed E-state index contributed by atoms with van der Waals surface area (Å²) in [6.07, 6.45) is 1.21. The molecule has 5 heteroatoms. The van der Waals surface area contributed by atoms with Crippen LogP contribution in [0.15, 0.2) is 36.4 Å².